The first-order chi connectivity index (χ1) is 14.2. The quantitative estimate of drug-likeness (QED) is 0.453. The second-order valence-corrected chi connectivity index (χ2v) is 7.72. The molecule has 146 valence electrons. The highest BCUT2D eigenvalue weighted by atomic mass is 32.2. The number of fused-ring (bicyclic) bond motifs is 1. The van der Waals surface area contributed by atoms with Crippen LogP contribution in [0.5, 0.6) is 0 Å². The number of aromatic nitrogens is 3. The van der Waals surface area contributed by atoms with Crippen LogP contribution < -0.4 is 5.32 Å². The Morgan fingerprint density at radius 3 is 2.55 bits per heavy atom. The van der Waals surface area contributed by atoms with Gasteiger partial charge in [-0.15, -0.1) is 10.2 Å². The lowest BCUT2D eigenvalue weighted by molar-refractivity contribution is -0.113. The van der Waals surface area contributed by atoms with Crippen molar-refractivity contribution in [2.24, 2.45) is 0 Å². The highest BCUT2D eigenvalue weighted by Crippen LogP contribution is 2.26. The Morgan fingerprint density at radius 1 is 1.00 bits per heavy atom. The van der Waals surface area contributed by atoms with Crippen molar-refractivity contribution in [3.63, 3.8) is 0 Å². The van der Waals surface area contributed by atoms with Crippen LogP contribution in [0.1, 0.15) is 12.5 Å². The molecule has 1 heterocycles. The lowest BCUT2D eigenvalue weighted by Gasteiger charge is -2.09. The van der Waals surface area contributed by atoms with Gasteiger partial charge in [-0.3, -0.25) is 4.79 Å². The van der Waals surface area contributed by atoms with Crippen molar-refractivity contribution >= 4 is 34.1 Å². The largest absolute Gasteiger partial charge is 0.325 e. The zero-order valence-corrected chi connectivity index (χ0v) is 17.2. The predicted molar refractivity (Wildman–Crippen MR) is 119 cm³/mol. The molecule has 0 bridgehead atoms. The SMILES string of the molecule is CCn1c(SCC(=O)Nc2cccc3ccccc23)nnc1-c1ccc(C)cc1. The molecular formula is C23H22N4OS. The second kappa shape index (κ2) is 8.49. The number of thioether (sulfide) groups is 1. The molecule has 6 heteroatoms. The summed E-state index contributed by atoms with van der Waals surface area (Å²) in [5, 5.41) is 14.6. The average Bonchev–Trinajstić information content (AvgIpc) is 3.16. The maximum Gasteiger partial charge on any atom is 0.234 e. The van der Waals surface area contributed by atoms with E-state index in [-0.39, 0.29) is 11.7 Å². The lowest BCUT2D eigenvalue weighted by atomic mass is 10.1. The number of carbonyl (C=O) groups excluding carboxylic acids is 1. The highest BCUT2D eigenvalue weighted by Gasteiger charge is 2.15. The summed E-state index contributed by atoms with van der Waals surface area (Å²) in [7, 11) is 0. The van der Waals surface area contributed by atoms with Crippen LogP contribution in [0.2, 0.25) is 0 Å². The van der Waals surface area contributed by atoms with Crippen LogP contribution >= 0.6 is 11.8 Å². The third kappa shape index (κ3) is 4.17. The summed E-state index contributed by atoms with van der Waals surface area (Å²) in [6, 6.07) is 22.2. The second-order valence-electron chi connectivity index (χ2n) is 6.78. The van der Waals surface area contributed by atoms with E-state index in [1.165, 1.54) is 17.3 Å². The van der Waals surface area contributed by atoms with Crippen LogP contribution in [-0.2, 0) is 11.3 Å². The summed E-state index contributed by atoms with van der Waals surface area (Å²) in [6.45, 7) is 4.86. The zero-order chi connectivity index (χ0) is 20.2. The fourth-order valence-corrected chi connectivity index (χ4v) is 4.05. The molecule has 0 unspecified atom stereocenters. The molecule has 3 aromatic carbocycles. The maximum atomic E-state index is 12.6. The van der Waals surface area contributed by atoms with E-state index in [9.17, 15) is 4.79 Å². The van der Waals surface area contributed by atoms with Gasteiger partial charge in [0.15, 0.2) is 11.0 Å². The van der Waals surface area contributed by atoms with Gasteiger partial charge < -0.3 is 9.88 Å². The number of aryl methyl sites for hydroxylation is 1. The van der Waals surface area contributed by atoms with E-state index >= 15 is 0 Å². The number of rotatable bonds is 6. The summed E-state index contributed by atoms with van der Waals surface area (Å²) < 4.78 is 2.04. The number of benzene rings is 3. The topological polar surface area (TPSA) is 59.8 Å². The molecule has 0 radical (unpaired) electrons. The molecule has 1 amide bonds. The van der Waals surface area contributed by atoms with Gasteiger partial charge in [-0.05, 0) is 25.3 Å². The monoisotopic (exact) mass is 402 g/mol. The molecule has 29 heavy (non-hydrogen) atoms. The molecule has 4 aromatic rings. The number of carbonyl (C=O) groups is 1. The molecule has 0 aliphatic heterocycles. The first-order valence-corrected chi connectivity index (χ1v) is 10.5. The molecule has 0 fully saturated rings. The molecule has 0 saturated heterocycles. The van der Waals surface area contributed by atoms with Gasteiger partial charge in [0, 0.05) is 23.2 Å². The fraction of sp³-hybridized carbons (Fsp3) is 0.174. The molecular weight excluding hydrogens is 380 g/mol. The van der Waals surface area contributed by atoms with Crippen molar-refractivity contribution < 1.29 is 4.79 Å². The molecule has 0 atom stereocenters. The predicted octanol–water partition coefficient (Wildman–Crippen LogP) is 5.16. The van der Waals surface area contributed by atoms with E-state index in [1.54, 1.807) is 0 Å². The minimum Gasteiger partial charge on any atom is -0.325 e. The summed E-state index contributed by atoms with van der Waals surface area (Å²) in [6.07, 6.45) is 0. The van der Waals surface area contributed by atoms with Gasteiger partial charge in [-0.25, -0.2) is 0 Å². The molecule has 0 aliphatic carbocycles. The Kier molecular flexibility index (Phi) is 5.62. The van der Waals surface area contributed by atoms with Crippen molar-refractivity contribution in [3.8, 4) is 11.4 Å². The highest BCUT2D eigenvalue weighted by molar-refractivity contribution is 7.99. The number of nitrogens with zero attached hydrogens (tertiary/aromatic N) is 3. The van der Waals surface area contributed by atoms with Gasteiger partial charge >= 0.3 is 0 Å². The number of amides is 1. The average molecular weight is 403 g/mol. The van der Waals surface area contributed by atoms with Crippen LogP contribution in [0.25, 0.3) is 22.2 Å². The zero-order valence-electron chi connectivity index (χ0n) is 16.4. The molecule has 4 rings (SSSR count). The van der Waals surface area contributed by atoms with E-state index in [1.807, 2.05) is 59.2 Å². The number of anilines is 1. The standard InChI is InChI=1S/C23H22N4OS/c1-3-27-22(18-13-11-16(2)12-14-18)25-26-23(27)29-15-21(28)24-20-10-6-8-17-7-4-5-9-19(17)20/h4-14H,3,15H2,1-2H3,(H,24,28). The number of hydrogen-bond acceptors (Lipinski definition) is 4. The van der Waals surface area contributed by atoms with Crippen molar-refractivity contribution in [1.29, 1.82) is 0 Å². The fourth-order valence-electron chi connectivity index (χ4n) is 3.25. The van der Waals surface area contributed by atoms with E-state index in [4.69, 9.17) is 0 Å². The van der Waals surface area contributed by atoms with Crippen LogP contribution in [0.15, 0.2) is 71.9 Å². The van der Waals surface area contributed by atoms with E-state index in [0.29, 0.717) is 0 Å². The van der Waals surface area contributed by atoms with E-state index in [2.05, 4.69) is 41.5 Å². The van der Waals surface area contributed by atoms with Gasteiger partial charge in [0.05, 0.1) is 5.75 Å². The van der Waals surface area contributed by atoms with Crippen molar-refractivity contribution in [2.45, 2.75) is 25.5 Å². The molecule has 1 aromatic heterocycles. The maximum absolute atomic E-state index is 12.6. The Balaban J connectivity index is 1.47. The van der Waals surface area contributed by atoms with Gasteiger partial charge in [0.1, 0.15) is 0 Å². The van der Waals surface area contributed by atoms with E-state index < -0.39 is 0 Å². The summed E-state index contributed by atoms with van der Waals surface area (Å²) in [5.41, 5.74) is 3.05. The van der Waals surface area contributed by atoms with Gasteiger partial charge in [0.2, 0.25) is 5.91 Å². The molecule has 0 aliphatic rings. The summed E-state index contributed by atoms with van der Waals surface area (Å²) >= 11 is 1.40. The Labute approximate surface area is 174 Å². The molecule has 0 spiro atoms. The minimum atomic E-state index is -0.0612. The summed E-state index contributed by atoms with van der Waals surface area (Å²) in [5.74, 6) is 1.04. The van der Waals surface area contributed by atoms with Crippen molar-refractivity contribution in [1.82, 2.24) is 14.8 Å². The van der Waals surface area contributed by atoms with Crippen LogP contribution in [-0.4, -0.2) is 26.4 Å². The number of hydrogen-bond donors (Lipinski definition) is 1. The van der Waals surface area contributed by atoms with Crippen LogP contribution in [0, 0.1) is 6.92 Å². The Hall–Kier alpha value is -3.12. The Bertz CT molecular complexity index is 1150. The molecule has 0 saturated carbocycles. The molecule has 5 nitrogen and oxygen atoms in total. The normalized spacial score (nSPS) is 11.0. The van der Waals surface area contributed by atoms with Crippen LogP contribution in [0.4, 0.5) is 5.69 Å². The Morgan fingerprint density at radius 2 is 1.76 bits per heavy atom. The van der Waals surface area contributed by atoms with Crippen LogP contribution in [0.3, 0.4) is 0 Å². The minimum absolute atomic E-state index is 0.0612. The van der Waals surface area contributed by atoms with Gasteiger partial charge in [-0.1, -0.05) is 78.0 Å². The third-order valence-corrected chi connectivity index (χ3v) is 5.71. The first-order valence-electron chi connectivity index (χ1n) is 9.56. The van der Waals surface area contributed by atoms with Gasteiger partial charge in [-0.2, -0.15) is 0 Å². The van der Waals surface area contributed by atoms with Crippen molar-refractivity contribution in [2.75, 3.05) is 11.1 Å². The lowest BCUT2D eigenvalue weighted by Crippen LogP contribution is -2.15. The van der Waals surface area contributed by atoms with Gasteiger partial charge in [0.25, 0.3) is 0 Å². The first kappa shape index (κ1) is 19.2. The smallest absolute Gasteiger partial charge is 0.234 e. The number of nitrogens with one attached hydrogen (secondary N) is 1. The molecule has 1 N–H and O–H groups in total. The third-order valence-electron chi connectivity index (χ3n) is 4.74. The van der Waals surface area contributed by atoms with E-state index in [0.717, 1.165) is 39.5 Å². The van der Waals surface area contributed by atoms with Crippen molar-refractivity contribution in [3.05, 3.63) is 72.3 Å². The summed E-state index contributed by atoms with van der Waals surface area (Å²) in [4.78, 5) is 12.6.